The molecule has 0 heterocycles. The van der Waals surface area contributed by atoms with Gasteiger partial charge in [-0.2, -0.15) is 0 Å². The third-order valence-electron chi connectivity index (χ3n) is 2.83. The molecule has 1 aromatic carbocycles. The molecule has 90 valence electrons. The van der Waals surface area contributed by atoms with Crippen LogP contribution in [0.1, 0.15) is 24.9 Å². The number of benzene rings is 1. The Labute approximate surface area is 98.2 Å². The second kappa shape index (κ2) is 6.51. The van der Waals surface area contributed by atoms with Crippen LogP contribution in [-0.4, -0.2) is 32.1 Å². The predicted molar refractivity (Wildman–Crippen MR) is 67.7 cm³/mol. The molecule has 0 fully saturated rings. The van der Waals surface area contributed by atoms with Gasteiger partial charge < -0.3 is 10.5 Å². The lowest BCUT2D eigenvalue weighted by Crippen LogP contribution is -2.31. The summed E-state index contributed by atoms with van der Waals surface area (Å²) < 4.78 is 5.37. The van der Waals surface area contributed by atoms with Crippen LogP contribution in [0, 0.1) is 0 Å². The number of nitrogens with zero attached hydrogens (tertiary/aromatic N) is 1. The summed E-state index contributed by atoms with van der Waals surface area (Å²) in [5.74, 6) is 0.918. The highest BCUT2D eigenvalue weighted by molar-refractivity contribution is 5.36. The summed E-state index contributed by atoms with van der Waals surface area (Å²) in [5, 5.41) is 0. The van der Waals surface area contributed by atoms with Crippen molar-refractivity contribution in [2.45, 2.75) is 19.4 Å². The van der Waals surface area contributed by atoms with Gasteiger partial charge in [0.2, 0.25) is 0 Å². The lowest BCUT2D eigenvalue weighted by Gasteiger charge is -2.28. The molecule has 0 aromatic heterocycles. The first kappa shape index (κ1) is 13.0. The SMILES string of the molecule is CCCN(C)C(CN)c1ccccc1OC. The lowest BCUT2D eigenvalue weighted by atomic mass is 10.0. The van der Waals surface area contributed by atoms with Crippen LogP contribution in [-0.2, 0) is 0 Å². The van der Waals surface area contributed by atoms with Crippen molar-refractivity contribution in [1.29, 1.82) is 0 Å². The van der Waals surface area contributed by atoms with E-state index in [9.17, 15) is 0 Å². The quantitative estimate of drug-likeness (QED) is 0.800. The molecule has 3 heteroatoms. The Kier molecular flexibility index (Phi) is 5.29. The molecule has 0 amide bonds. The van der Waals surface area contributed by atoms with Crippen molar-refractivity contribution < 1.29 is 4.74 Å². The minimum Gasteiger partial charge on any atom is -0.496 e. The molecule has 0 saturated heterocycles. The summed E-state index contributed by atoms with van der Waals surface area (Å²) in [4.78, 5) is 2.28. The van der Waals surface area contributed by atoms with Crippen molar-refractivity contribution >= 4 is 0 Å². The molecule has 0 spiro atoms. The first-order valence-corrected chi connectivity index (χ1v) is 5.77. The second-order valence-electron chi connectivity index (χ2n) is 3.97. The molecular formula is C13H22N2O. The maximum atomic E-state index is 5.86. The molecule has 3 nitrogen and oxygen atoms in total. The zero-order valence-electron chi connectivity index (χ0n) is 10.4. The van der Waals surface area contributed by atoms with Gasteiger partial charge in [0.1, 0.15) is 5.75 Å². The minimum atomic E-state index is 0.232. The highest BCUT2D eigenvalue weighted by atomic mass is 16.5. The number of rotatable bonds is 6. The van der Waals surface area contributed by atoms with E-state index in [1.54, 1.807) is 7.11 Å². The van der Waals surface area contributed by atoms with E-state index in [0.717, 1.165) is 18.7 Å². The second-order valence-corrected chi connectivity index (χ2v) is 3.97. The maximum absolute atomic E-state index is 5.86. The van der Waals surface area contributed by atoms with Gasteiger partial charge >= 0.3 is 0 Å². The van der Waals surface area contributed by atoms with E-state index in [1.807, 2.05) is 18.2 Å². The smallest absolute Gasteiger partial charge is 0.123 e. The summed E-state index contributed by atoms with van der Waals surface area (Å²) in [5.41, 5.74) is 7.03. The Hall–Kier alpha value is -1.06. The van der Waals surface area contributed by atoms with Gasteiger partial charge in [0.05, 0.1) is 13.2 Å². The third-order valence-corrected chi connectivity index (χ3v) is 2.83. The molecule has 1 aromatic rings. The van der Waals surface area contributed by atoms with Crippen LogP contribution < -0.4 is 10.5 Å². The molecule has 2 N–H and O–H groups in total. The largest absolute Gasteiger partial charge is 0.496 e. The molecule has 0 radical (unpaired) electrons. The van der Waals surface area contributed by atoms with Crippen molar-refractivity contribution in [2.75, 3.05) is 27.2 Å². The zero-order valence-corrected chi connectivity index (χ0v) is 10.4. The molecule has 1 unspecified atom stereocenters. The van der Waals surface area contributed by atoms with Crippen LogP contribution in [0.15, 0.2) is 24.3 Å². The van der Waals surface area contributed by atoms with Gasteiger partial charge in [-0.05, 0) is 26.1 Å². The Morgan fingerprint density at radius 1 is 1.38 bits per heavy atom. The van der Waals surface area contributed by atoms with Gasteiger partial charge in [0, 0.05) is 12.1 Å². The van der Waals surface area contributed by atoms with Crippen LogP contribution in [0.2, 0.25) is 0 Å². The van der Waals surface area contributed by atoms with Crippen molar-refractivity contribution in [1.82, 2.24) is 4.90 Å². The number of ether oxygens (including phenoxy) is 1. The molecular weight excluding hydrogens is 200 g/mol. The Morgan fingerprint density at radius 3 is 2.62 bits per heavy atom. The molecule has 0 saturated carbocycles. The standard InChI is InChI=1S/C13H22N2O/c1-4-9-15(2)12(10-14)11-7-5-6-8-13(11)16-3/h5-8,12H,4,9-10,14H2,1-3H3. The van der Waals surface area contributed by atoms with E-state index < -0.39 is 0 Å². The van der Waals surface area contributed by atoms with Crippen LogP contribution in [0.4, 0.5) is 0 Å². The van der Waals surface area contributed by atoms with Gasteiger partial charge in [-0.25, -0.2) is 0 Å². The zero-order chi connectivity index (χ0) is 12.0. The molecule has 0 aliphatic heterocycles. The fourth-order valence-electron chi connectivity index (χ4n) is 1.99. The average molecular weight is 222 g/mol. The van der Waals surface area contributed by atoms with Crippen LogP contribution in [0.5, 0.6) is 5.75 Å². The number of hydrogen-bond acceptors (Lipinski definition) is 3. The fraction of sp³-hybridized carbons (Fsp3) is 0.538. The van der Waals surface area contributed by atoms with Gasteiger partial charge in [-0.15, -0.1) is 0 Å². The molecule has 0 bridgehead atoms. The highest BCUT2D eigenvalue weighted by Crippen LogP contribution is 2.27. The van der Waals surface area contributed by atoms with Crippen LogP contribution >= 0.6 is 0 Å². The van der Waals surface area contributed by atoms with E-state index in [2.05, 4.69) is 24.9 Å². The van der Waals surface area contributed by atoms with Gasteiger partial charge in [-0.1, -0.05) is 25.1 Å². The summed E-state index contributed by atoms with van der Waals surface area (Å²) in [7, 11) is 3.81. The molecule has 0 aliphatic rings. The van der Waals surface area contributed by atoms with Crippen molar-refractivity contribution in [3.8, 4) is 5.75 Å². The Bertz CT molecular complexity index is 315. The van der Waals surface area contributed by atoms with Crippen LogP contribution in [0.25, 0.3) is 0 Å². The summed E-state index contributed by atoms with van der Waals surface area (Å²) in [6.07, 6.45) is 1.13. The summed E-state index contributed by atoms with van der Waals surface area (Å²) >= 11 is 0. The first-order valence-electron chi connectivity index (χ1n) is 5.77. The average Bonchev–Trinajstić information content (AvgIpc) is 2.31. The van der Waals surface area contributed by atoms with Crippen molar-refractivity contribution in [2.24, 2.45) is 5.73 Å². The number of methoxy groups -OCH3 is 1. The summed E-state index contributed by atoms with van der Waals surface area (Å²) in [6.45, 7) is 3.82. The topological polar surface area (TPSA) is 38.5 Å². The van der Waals surface area contributed by atoms with Gasteiger partial charge in [0.15, 0.2) is 0 Å². The normalized spacial score (nSPS) is 12.8. The fourth-order valence-corrected chi connectivity index (χ4v) is 1.99. The van der Waals surface area contributed by atoms with E-state index in [4.69, 9.17) is 10.5 Å². The van der Waals surface area contributed by atoms with Gasteiger partial charge in [0.25, 0.3) is 0 Å². The highest BCUT2D eigenvalue weighted by Gasteiger charge is 2.17. The van der Waals surface area contributed by atoms with Crippen molar-refractivity contribution in [3.63, 3.8) is 0 Å². The van der Waals surface area contributed by atoms with E-state index >= 15 is 0 Å². The lowest BCUT2D eigenvalue weighted by molar-refractivity contribution is 0.244. The Balaban J connectivity index is 2.93. The number of hydrogen-bond donors (Lipinski definition) is 1. The first-order chi connectivity index (χ1) is 7.74. The summed E-state index contributed by atoms with van der Waals surface area (Å²) in [6, 6.07) is 8.31. The minimum absolute atomic E-state index is 0.232. The molecule has 1 rings (SSSR count). The maximum Gasteiger partial charge on any atom is 0.123 e. The van der Waals surface area contributed by atoms with E-state index in [-0.39, 0.29) is 6.04 Å². The molecule has 16 heavy (non-hydrogen) atoms. The predicted octanol–water partition coefficient (Wildman–Crippen LogP) is 2.04. The molecule has 0 aliphatic carbocycles. The third kappa shape index (κ3) is 2.97. The van der Waals surface area contributed by atoms with Crippen LogP contribution in [0.3, 0.4) is 0 Å². The Morgan fingerprint density at radius 2 is 2.06 bits per heavy atom. The van der Waals surface area contributed by atoms with Crippen molar-refractivity contribution in [3.05, 3.63) is 29.8 Å². The monoisotopic (exact) mass is 222 g/mol. The number of para-hydroxylation sites is 1. The number of likely N-dealkylation sites (N-methyl/N-ethyl adjacent to an activating group) is 1. The van der Waals surface area contributed by atoms with E-state index in [0.29, 0.717) is 6.54 Å². The van der Waals surface area contributed by atoms with E-state index in [1.165, 1.54) is 5.56 Å². The molecule has 1 atom stereocenters. The van der Waals surface area contributed by atoms with Gasteiger partial charge in [-0.3, -0.25) is 4.90 Å². The number of nitrogens with two attached hydrogens (primary N) is 1.